The van der Waals surface area contributed by atoms with E-state index in [1.807, 2.05) is 34.9 Å². The fourth-order valence-corrected chi connectivity index (χ4v) is 3.73. The van der Waals surface area contributed by atoms with Crippen molar-refractivity contribution in [2.45, 2.75) is 51.0 Å². The molecule has 0 unspecified atom stereocenters. The molecule has 0 aliphatic carbocycles. The summed E-state index contributed by atoms with van der Waals surface area (Å²) in [5.41, 5.74) is 1.85. The molecule has 166 valence electrons. The van der Waals surface area contributed by atoms with Crippen LogP contribution in [-0.2, 0) is 25.7 Å². The molecule has 8 nitrogen and oxygen atoms in total. The Balaban J connectivity index is 0.000000396. The van der Waals surface area contributed by atoms with Gasteiger partial charge in [0, 0.05) is 25.8 Å². The molecule has 2 fully saturated rings. The van der Waals surface area contributed by atoms with Crippen LogP contribution in [0.1, 0.15) is 30.7 Å². The first-order valence-corrected chi connectivity index (χ1v) is 9.35. The van der Waals surface area contributed by atoms with Gasteiger partial charge in [-0.1, -0.05) is 6.07 Å². The van der Waals surface area contributed by atoms with Crippen molar-refractivity contribution in [3.8, 4) is 0 Å². The van der Waals surface area contributed by atoms with E-state index < -0.39 is 12.1 Å². The third-order valence-corrected chi connectivity index (χ3v) is 4.99. The summed E-state index contributed by atoms with van der Waals surface area (Å²) in [6, 6.07) is 6.07. The number of pyridine rings is 1. The molecule has 2 aliphatic heterocycles. The van der Waals surface area contributed by atoms with Gasteiger partial charge in [-0.05, 0) is 31.9 Å². The summed E-state index contributed by atoms with van der Waals surface area (Å²) in [6.45, 7) is 3.28. The van der Waals surface area contributed by atoms with E-state index in [4.69, 9.17) is 14.6 Å². The van der Waals surface area contributed by atoms with Crippen LogP contribution in [0.15, 0.2) is 18.2 Å². The van der Waals surface area contributed by atoms with Gasteiger partial charge >= 0.3 is 12.1 Å². The number of carboxylic acids is 1. The van der Waals surface area contributed by atoms with Crippen molar-refractivity contribution in [1.82, 2.24) is 14.8 Å². The van der Waals surface area contributed by atoms with Crippen molar-refractivity contribution in [3.63, 3.8) is 0 Å². The lowest BCUT2D eigenvalue weighted by molar-refractivity contribution is -0.192. The zero-order chi connectivity index (χ0) is 22.5. The molecule has 3 heterocycles. The standard InChI is InChI=1S/C17H23N3O3.C2HF3O2/c1-12-4-3-5-13(18-12)10-20-15-8-9-19(17(22)11-23-2)14(15)6-7-16(20)21;3-2(4,5)1(6)7/h3-5,14-15H,6-11H2,1-2H3;(H,6,7)/t14-,15-;/m1./s1. The van der Waals surface area contributed by atoms with E-state index in [9.17, 15) is 22.8 Å². The number of halogens is 3. The number of carbonyl (C=O) groups is 3. The summed E-state index contributed by atoms with van der Waals surface area (Å²) >= 11 is 0. The first-order valence-electron chi connectivity index (χ1n) is 9.35. The Morgan fingerprint density at radius 2 is 1.93 bits per heavy atom. The number of amides is 2. The molecule has 0 bridgehead atoms. The summed E-state index contributed by atoms with van der Waals surface area (Å²) in [5, 5.41) is 7.12. The van der Waals surface area contributed by atoms with Gasteiger partial charge in [0.25, 0.3) is 0 Å². The second-order valence-corrected chi connectivity index (χ2v) is 7.08. The number of carbonyl (C=O) groups excluding carboxylic acids is 2. The average Bonchev–Trinajstić information content (AvgIpc) is 3.08. The van der Waals surface area contributed by atoms with E-state index in [1.165, 1.54) is 7.11 Å². The predicted molar refractivity (Wildman–Crippen MR) is 98.2 cm³/mol. The highest BCUT2D eigenvalue weighted by atomic mass is 19.4. The molecule has 0 aromatic carbocycles. The molecule has 2 aliphatic rings. The number of piperidine rings is 1. The van der Waals surface area contributed by atoms with E-state index in [-0.39, 0.29) is 30.5 Å². The number of likely N-dealkylation sites (tertiary alicyclic amines) is 2. The zero-order valence-electron chi connectivity index (χ0n) is 16.7. The molecule has 3 rings (SSSR count). The number of aliphatic carboxylic acids is 1. The molecule has 1 aromatic heterocycles. The maximum Gasteiger partial charge on any atom is 0.490 e. The first-order chi connectivity index (χ1) is 14.0. The molecule has 11 heteroatoms. The number of fused-ring (bicyclic) bond motifs is 1. The van der Waals surface area contributed by atoms with E-state index in [1.54, 1.807) is 0 Å². The van der Waals surface area contributed by atoms with Gasteiger partial charge in [-0.3, -0.25) is 14.6 Å². The average molecular weight is 431 g/mol. The van der Waals surface area contributed by atoms with Gasteiger partial charge in [-0.25, -0.2) is 4.79 Å². The van der Waals surface area contributed by atoms with Gasteiger partial charge in [0.1, 0.15) is 6.61 Å². The van der Waals surface area contributed by atoms with Crippen molar-refractivity contribution in [2.24, 2.45) is 0 Å². The molecule has 0 radical (unpaired) electrons. The van der Waals surface area contributed by atoms with Gasteiger partial charge < -0.3 is 19.6 Å². The number of methoxy groups -OCH3 is 1. The SMILES string of the molecule is COCC(=O)N1CC[C@@H]2[C@H]1CCC(=O)N2Cc1cccc(C)n1.O=C(O)C(F)(F)F. The smallest absolute Gasteiger partial charge is 0.475 e. The number of rotatable bonds is 4. The van der Waals surface area contributed by atoms with Crippen LogP contribution in [0.3, 0.4) is 0 Å². The highest BCUT2D eigenvalue weighted by molar-refractivity contribution is 5.81. The van der Waals surface area contributed by atoms with Gasteiger partial charge in [0.15, 0.2) is 0 Å². The maximum absolute atomic E-state index is 12.4. The second kappa shape index (κ2) is 9.88. The zero-order valence-corrected chi connectivity index (χ0v) is 16.7. The van der Waals surface area contributed by atoms with Crippen LogP contribution < -0.4 is 0 Å². The van der Waals surface area contributed by atoms with Crippen LogP contribution in [0.25, 0.3) is 0 Å². The Hall–Kier alpha value is -2.69. The largest absolute Gasteiger partial charge is 0.490 e. The molecule has 0 saturated carbocycles. The summed E-state index contributed by atoms with van der Waals surface area (Å²) in [6.07, 6.45) is -3.02. The van der Waals surface area contributed by atoms with Crippen LogP contribution in [0.4, 0.5) is 13.2 Å². The van der Waals surface area contributed by atoms with E-state index in [2.05, 4.69) is 4.98 Å². The van der Waals surface area contributed by atoms with Crippen LogP contribution in [0, 0.1) is 6.92 Å². The Bertz CT molecular complexity index is 787. The normalized spacial score (nSPS) is 21.0. The lowest BCUT2D eigenvalue weighted by Crippen LogP contribution is -2.53. The van der Waals surface area contributed by atoms with Gasteiger partial charge in [0.05, 0.1) is 24.3 Å². The fraction of sp³-hybridized carbons (Fsp3) is 0.579. The number of alkyl halides is 3. The molecule has 0 spiro atoms. The number of hydrogen-bond donors (Lipinski definition) is 1. The summed E-state index contributed by atoms with van der Waals surface area (Å²) in [4.78, 5) is 41.8. The lowest BCUT2D eigenvalue weighted by atomic mass is 9.96. The Morgan fingerprint density at radius 3 is 2.50 bits per heavy atom. The number of aryl methyl sites for hydroxylation is 1. The topological polar surface area (TPSA) is 100 Å². The molecule has 1 N–H and O–H groups in total. The molecule has 30 heavy (non-hydrogen) atoms. The summed E-state index contributed by atoms with van der Waals surface area (Å²) in [5.74, 6) is -2.58. The second-order valence-electron chi connectivity index (χ2n) is 7.08. The Labute approximate surface area is 171 Å². The minimum atomic E-state index is -5.08. The van der Waals surface area contributed by atoms with Gasteiger partial charge in [-0.15, -0.1) is 0 Å². The summed E-state index contributed by atoms with van der Waals surface area (Å²) < 4.78 is 36.7. The lowest BCUT2D eigenvalue weighted by Gasteiger charge is -2.39. The van der Waals surface area contributed by atoms with Gasteiger partial charge in [-0.2, -0.15) is 13.2 Å². The Morgan fingerprint density at radius 1 is 1.27 bits per heavy atom. The maximum atomic E-state index is 12.4. The van der Waals surface area contributed by atoms with Gasteiger partial charge in [0.2, 0.25) is 11.8 Å². The number of carboxylic acid groups (broad SMARTS) is 1. The van der Waals surface area contributed by atoms with Crippen LogP contribution in [-0.4, -0.2) is 76.2 Å². The highest BCUT2D eigenvalue weighted by Gasteiger charge is 2.44. The van der Waals surface area contributed by atoms with Crippen molar-refractivity contribution < 1.29 is 37.4 Å². The summed E-state index contributed by atoms with van der Waals surface area (Å²) in [7, 11) is 1.53. The molecular formula is C19H24F3N3O5. The highest BCUT2D eigenvalue weighted by Crippen LogP contribution is 2.32. The Kier molecular flexibility index (Phi) is 7.77. The van der Waals surface area contributed by atoms with Crippen LogP contribution in [0.2, 0.25) is 0 Å². The van der Waals surface area contributed by atoms with Crippen molar-refractivity contribution in [3.05, 3.63) is 29.6 Å². The minimum absolute atomic E-state index is 0.0166. The molecule has 1 aromatic rings. The van der Waals surface area contributed by atoms with E-state index in [0.717, 1.165) is 24.2 Å². The van der Waals surface area contributed by atoms with E-state index >= 15 is 0 Å². The molecule has 2 amide bonds. The number of nitrogens with zero attached hydrogens (tertiary/aromatic N) is 3. The third kappa shape index (κ3) is 5.91. The third-order valence-electron chi connectivity index (χ3n) is 4.99. The number of aromatic nitrogens is 1. The minimum Gasteiger partial charge on any atom is -0.475 e. The number of hydrogen-bond acceptors (Lipinski definition) is 5. The first kappa shape index (κ1) is 23.6. The predicted octanol–water partition coefficient (Wildman–Crippen LogP) is 1.76. The van der Waals surface area contributed by atoms with Crippen molar-refractivity contribution in [2.75, 3.05) is 20.3 Å². The number of ether oxygens (including phenoxy) is 1. The molecule has 2 saturated heterocycles. The quantitative estimate of drug-likeness (QED) is 0.780. The van der Waals surface area contributed by atoms with E-state index in [0.29, 0.717) is 19.5 Å². The van der Waals surface area contributed by atoms with Crippen LogP contribution in [0.5, 0.6) is 0 Å². The molecular weight excluding hydrogens is 407 g/mol. The van der Waals surface area contributed by atoms with Crippen LogP contribution >= 0.6 is 0 Å². The fourth-order valence-electron chi connectivity index (χ4n) is 3.73. The van der Waals surface area contributed by atoms with Crippen molar-refractivity contribution in [1.29, 1.82) is 0 Å². The molecule has 2 atom stereocenters. The van der Waals surface area contributed by atoms with Crippen molar-refractivity contribution >= 4 is 17.8 Å². The monoisotopic (exact) mass is 431 g/mol.